The van der Waals surface area contributed by atoms with Crippen LogP contribution in [-0.4, -0.2) is 31.5 Å². The summed E-state index contributed by atoms with van der Waals surface area (Å²) >= 11 is 0. The van der Waals surface area contributed by atoms with Gasteiger partial charge in [0.15, 0.2) is 0 Å². The third-order valence-corrected chi connectivity index (χ3v) is 2.63. The lowest BCUT2D eigenvalue weighted by Crippen LogP contribution is -2.51. The van der Waals surface area contributed by atoms with Crippen molar-refractivity contribution >= 4 is 0 Å². The second-order valence-corrected chi connectivity index (χ2v) is 3.39. The van der Waals surface area contributed by atoms with Gasteiger partial charge in [-0.05, 0) is 13.8 Å². The summed E-state index contributed by atoms with van der Waals surface area (Å²) in [6.07, 6.45) is 0.589. The van der Waals surface area contributed by atoms with Gasteiger partial charge in [0, 0.05) is 20.1 Å². The molecule has 0 bridgehead atoms. The molecule has 70 valence electrons. The first-order valence-electron chi connectivity index (χ1n) is 4.13. The van der Waals surface area contributed by atoms with E-state index in [4.69, 9.17) is 9.47 Å². The Labute approximate surface area is 72.2 Å². The Morgan fingerprint density at radius 3 is 2.75 bits per heavy atom. The second-order valence-electron chi connectivity index (χ2n) is 3.39. The Balaban J connectivity index is 2.76. The van der Waals surface area contributed by atoms with Gasteiger partial charge < -0.3 is 9.47 Å². The number of methoxy groups -OCH3 is 1. The number of nitroso groups, excluding NO2 is 1. The van der Waals surface area contributed by atoms with Crippen molar-refractivity contribution in [2.24, 2.45) is 5.18 Å². The van der Waals surface area contributed by atoms with Crippen LogP contribution in [0.5, 0.6) is 0 Å². The Hall–Kier alpha value is -0.480. The maximum absolute atomic E-state index is 10.5. The van der Waals surface area contributed by atoms with Crippen LogP contribution < -0.4 is 0 Å². The van der Waals surface area contributed by atoms with Gasteiger partial charge in [-0.15, -0.1) is 0 Å². The summed E-state index contributed by atoms with van der Waals surface area (Å²) in [6.45, 7) is 4.39. The van der Waals surface area contributed by atoms with Gasteiger partial charge in [-0.3, -0.25) is 0 Å². The van der Waals surface area contributed by atoms with Crippen molar-refractivity contribution in [2.75, 3.05) is 13.7 Å². The molecular formula is C8H15NO3. The van der Waals surface area contributed by atoms with Crippen LogP contribution in [0.25, 0.3) is 0 Å². The predicted octanol–water partition coefficient (Wildman–Crippen LogP) is 1.34. The van der Waals surface area contributed by atoms with Crippen molar-refractivity contribution in [3.63, 3.8) is 0 Å². The summed E-state index contributed by atoms with van der Waals surface area (Å²) in [5.74, 6) is 0. The summed E-state index contributed by atoms with van der Waals surface area (Å²) < 4.78 is 10.6. The average molecular weight is 173 g/mol. The van der Waals surface area contributed by atoms with E-state index in [1.807, 2.05) is 13.8 Å². The van der Waals surface area contributed by atoms with Crippen molar-refractivity contribution < 1.29 is 9.47 Å². The summed E-state index contributed by atoms with van der Waals surface area (Å²) in [7, 11) is 1.61. The molecule has 0 spiro atoms. The summed E-state index contributed by atoms with van der Waals surface area (Å²) in [6, 6.07) is -0.392. The molecule has 1 aliphatic rings. The highest BCUT2D eigenvalue weighted by Gasteiger charge is 2.43. The highest BCUT2D eigenvalue weighted by Crippen LogP contribution is 2.30. The molecule has 0 radical (unpaired) electrons. The fourth-order valence-corrected chi connectivity index (χ4v) is 1.60. The van der Waals surface area contributed by atoms with Crippen molar-refractivity contribution in [3.05, 3.63) is 4.91 Å². The van der Waals surface area contributed by atoms with Crippen LogP contribution in [0.15, 0.2) is 5.18 Å². The second kappa shape index (κ2) is 3.49. The molecule has 1 saturated heterocycles. The third-order valence-electron chi connectivity index (χ3n) is 2.63. The van der Waals surface area contributed by atoms with Crippen LogP contribution in [0.4, 0.5) is 0 Å². The maximum atomic E-state index is 10.5. The first-order chi connectivity index (χ1) is 5.64. The van der Waals surface area contributed by atoms with Crippen LogP contribution in [0, 0.1) is 4.91 Å². The number of ether oxygens (including phenoxy) is 2. The molecule has 1 rings (SSSR count). The molecule has 1 aliphatic heterocycles. The van der Waals surface area contributed by atoms with Gasteiger partial charge in [-0.2, -0.15) is 4.91 Å². The minimum absolute atomic E-state index is 0.138. The molecule has 0 saturated carbocycles. The molecule has 0 unspecified atom stereocenters. The van der Waals surface area contributed by atoms with E-state index in [1.165, 1.54) is 0 Å². The van der Waals surface area contributed by atoms with Gasteiger partial charge >= 0.3 is 0 Å². The van der Waals surface area contributed by atoms with Crippen molar-refractivity contribution in [2.45, 2.75) is 38.0 Å². The summed E-state index contributed by atoms with van der Waals surface area (Å²) in [4.78, 5) is 10.5. The first-order valence-corrected chi connectivity index (χ1v) is 4.13. The number of nitrogens with zero attached hydrogens (tertiary/aromatic N) is 1. The average Bonchev–Trinajstić information content (AvgIpc) is 2.05. The van der Waals surface area contributed by atoms with Crippen LogP contribution in [0.2, 0.25) is 0 Å². The Morgan fingerprint density at radius 2 is 2.33 bits per heavy atom. The lowest BCUT2D eigenvalue weighted by molar-refractivity contribution is -0.122. The van der Waals surface area contributed by atoms with E-state index in [1.54, 1.807) is 7.11 Å². The number of hydrogen-bond donors (Lipinski definition) is 0. The fourth-order valence-electron chi connectivity index (χ4n) is 1.60. The highest BCUT2D eigenvalue weighted by molar-refractivity contribution is 4.95. The van der Waals surface area contributed by atoms with Gasteiger partial charge in [0.25, 0.3) is 0 Å². The summed E-state index contributed by atoms with van der Waals surface area (Å²) in [5, 5.41) is 3.05. The fraction of sp³-hybridized carbons (Fsp3) is 1.00. The first kappa shape index (κ1) is 9.61. The van der Waals surface area contributed by atoms with Crippen molar-refractivity contribution in [1.29, 1.82) is 0 Å². The topological polar surface area (TPSA) is 47.9 Å². The zero-order valence-corrected chi connectivity index (χ0v) is 7.74. The van der Waals surface area contributed by atoms with E-state index in [9.17, 15) is 4.91 Å². The van der Waals surface area contributed by atoms with Crippen LogP contribution in [-0.2, 0) is 9.47 Å². The minimum Gasteiger partial charge on any atom is -0.376 e. The molecule has 12 heavy (non-hydrogen) atoms. The van der Waals surface area contributed by atoms with Gasteiger partial charge in [0.1, 0.15) is 6.04 Å². The number of rotatable bonds is 2. The molecule has 0 aliphatic carbocycles. The zero-order chi connectivity index (χ0) is 9.19. The van der Waals surface area contributed by atoms with Gasteiger partial charge in [0.2, 0.25) is 0 Å². The molecular weight excluding hydrogens is 158 g/mol. The number of hydrogen-bond acceptors (Lipinski definition) is 4. The van der Waals surface area contributed by atoms with Crippen molar-refractivity contribution in [1.82, 2.24) is 0 Å². The Kier molecular flexibility index (Phi) is 2.80. The smallest absolute Gasteiger partial charge is 0.146 e. The van der Waals surface area contributed by atoms with Crippen LogP contribution in [0.1, 0.15) is 20.3 Å². The van der Waals surface area contributed by atoms with Gasteiger partial charge in [-0.1, -0.05) is 5.18 Å². The largest absolute Gasteiger partial charge is 0.376 e. The van der Waals surface area contributed by atoms with Gasteiger partial charge in [-0.25, -0.2) is 0 Å². The van der Waals surface area contributed by atoms with Crippen molar-refractivity contribution in [3.8, 4) is 0 Å². The molecule has 1 heterocycles. The highest BCUT2D eigenvalue weighted by atomic mass is 16.5. The van der Waals surface area contributed by atoms with E-state index in [0.29, 0.717) is 6.61 Å². The SMILES string of the molecule is CO[C@]1(C)CCO[C@@H](C)[C@@H]1N=O. The lowest BCUT2D eigenvalue weighted by Gasteiger charge is -2.39. The standard InChI is InChI=1S/C8H15NO3/c1-6-7(9-10)8(2,11-3)4-5-12-6/h6-7H,4-5H2,1-3H3/t6-,7-,8+/m0/s1. The normalized spacial score (nSPS) is 42.6. The molecule has 0 aromatic heterocycles. The molecule has 4 heteroatoms. The van der Waals surface area contributed by atoms with Crippen LogP contribution in [0.3, 0.4) is 0 Å². The van der Waals surface area contributed by atoms with E-state index in [2.05, 4.69) is 5.18 Å². The van der Waals surface area contributed by atoms with Gasteiger partial charge in [0.05, 0.1) is 11.7 Å². The minimum atomic E-state index is -0.445. The van der Waals surface area contributed by atoms with E-state index in [-0.39, 0.29) is 6.10 Å². The van der Waals surface area contributed by atoms with Crippen LogP contribution >= 0.6 is 0 Å². The quantitative estimate of drug-likeness (QED) is 0.592. The maximum Gasteiger partial charge on any atom is 0.146 e. The zero-order valence-electron chi connectivity index (χ0n) is 7.74. The van der Waals surface area contributed by atoms with E-state index < -0.39 is 11.6 Å². The lowest BCUT2D eigenvalue weighted by atomic mass is 9.88. The predicted molar refractivity (Wildman–Crippen MR) is 45.0 cm³/mol. The summed E-state index contributed by atoms with van der Waals surface area (Å²) in [5.41, 5.74) is -0.445. The molecule has 0 aromatic rings. The van der Waals surface area contributed by atoms with E-state index in [0.717, 1.165) is 6.42 Å². The van der Waals surface area contributed by atoms with E-state index >= 15 is 0 Å². The Morgan fingerprint density at radius 1 is 1.67 bits per heavy atom. The third kappa shape index (κ3) is 1.49. The molecule has 4 nitrogen and oxygen atoms in total. The molecule has 0 amide bonds. The molecule has 3 atom stereocenters. The molecule has 1 fully saturated rings. The molecule has 0 aromatic carbocycles. The molecule has 0 N–H and O–H groups in total. The monoisotopic (exact) mass is 173 g/mol. The Bertz CT molecular complexity index is 174.